The first-order valence-corrected chi connectivity index (χ1v) is 11.7. The maximum atomic E-state index is 12.3. The summed E-state index contributed by atoms with van der Waals surface area (Å²) < 4.78 is 20.9. The SMILES string of the molecule is CC(N)(COP(=O)(O)O)C(=O)Nc1ccc(OCCc2ccc(-c3cccnc3)cc2)cc1. The number of ether oxygens (including phenoxy) is 1. The molecule has 33 heavy (non-hydrogen) atoms. The number of rotatable bonds is 10. The molecule has 0 bridgehead atoms. The van der Waals surface area contributed by atoms with E-state index in [2.05, 4.69) is 39.1 Å². The number of aromatic nitrogens is 1. The van der Waals surface area contributed by atoms with Gasteiger partial charge in [0.15, 0.2) is 0 Å². The highest BCUT2D eigenvalue weighted by Gasteiger charge is 2.32. The number of anilines is 1. The van der Waals surface area contributed by atoms with Crippen LogP contribution in [0.15, 0.2) is 73.1 Å². The predicted molar refractivity (Wildman–Crippen MR) is 125 cm³/mol. The molecule has 9 nitrogen and oxygen atoms in total. The van der Waals surface area contributed by atoms with Crippen LogP contribution >= 0.6 is 7.82 Å². The quantitative estimate of drug-likeness (QED) is 0.330. The topological polar surface area (TPSA) is 144 Å². The number of pyridine rings is 1. The van der Waals surface area contributed by atoms with Crippen LogP contribution in [0.2, 0.25) is 0 Å². The van der Waals surface area contributed by atoms with Gasteiger partial charge in [0.05, 0.1) is 13.2 Å². The molecule has 174 valence electrons. The van der Waals surface area contributed by atoms with Gasteiger partial charge < -0.3 is 25.6 Å². The number of carbonyl (C=O) groups excluding carboxylic acids is 1. The van der Waals surface area contributed by atoms with Crippen LogP contribution in [0, 0.1) is 0 Å². The normalized spacial score (nSPS) is 13.2. The molecule has 0 saturated heterocycles. The van der Waals surface area contributed by atoms with Crippen LogP contribution in [0.1, 0.15) is 12.5 Å². The molecule has 0 aliphatic carbocycles. The van der Waals surface area contributed by atoms with E-state index in [1.807, 2.05) is 18.3 Å². The van der Waals surface area contributed by atoms with Crippen LogP contribution < -0.4 is 15.8 Å². The smallest absolute Gasteiger partial charge is 0.469 e. The molecule has 1 heterocycles. The second kappa shape index (κ2) is 10.7. The Bertz CT molecular complexity index is 1100. The van der Waals surface area contributed by atoms with E-state index in [0.29, 0.717) is 18.0 Å². The Kier molecular flexibility index (Phi) is 7.97. The lowest BCUT2D eigenvalue weighted by molar-refractivity contribution is -0.121. The second-order valence-electron chi connectivity index (χ2n) is 7.70. The van der Waals surface area contributed by atoms with Crippen molar-refractivity contribution in [2.45, 2.75) is 18.9 Å². The van der Waals surface area contributed by atoms with Crippen LogP contribution in [0.3, 0.4) is 0 Å². The van der Waals surface area contributed by atoms with E-state index >= 15 is 0 Å². The van der Waals surface area contributed by atoms with E-state index < -0.39 is 25.9 Å². The van der Waals surface area contributed by atoms with Crippen molar-refractivity contribution in [1.82, 2.24) is 4.98 Å². The van der Waals surface area contributed by atoms with Crippen molar-refractivity contribution in [2.24, 2.45) is 5.73 Å². The van der Waals surface area contributed by atoms with E-state index in [9.17, 15) is 9.36 Å². The molecule has 1 amide bonds. The number of nitrogens with zero attached hydrogens (tertiary/aromatic N) is 1. The van der Waals surface area contributed by atoms with Crippen molar-refractivity contribution in [3.63, 3.8) is 0 Å². The maximum Gasteiger partial charge on any atom is 0.469 e. The highest BCUT2D eigenvalue weighted by Crippen LogP contribution is 2.36. The molecule has 5 N–H and O–H groups in total. The number of nitrogens with one attached hydrogen (secondary N) is 1. The van der Waals surface area contributed by atoms with Crippen molar-refractivity contribution in [3.8, 4) is 16.9 Å². The summed E-state index contributed by atoms with van der Waals surface area (Å²) >= 11 is 0. The monoisotopic (exact) mass is 471 g/mol. The number of amides is 1. The molecule has 0 fully saturated rings. The van der Waals surface area contributed by atoms with Crippen LogP contribution in [0.25, 0.3) is 11.1 Å². The van der Waals surface area contributed by atoms with E-state index in [1.165, 1.54) is 6.92 Å². The maximum absolute atomic E-state index is 12.3. The molecule has 1 atom stereocenters. The van der Waals surface area contributed by atoms with E-state index in [4.69, 9.17) is 20.3 Å². The van der Waals surface area contributed by atoms with Gasteiger partial charge in [0.2, 0.25) is 5.91 Å². The molecule has 2 aromatic carbocycles. The molecule has 3 rings (SSSR count). The summed E-state index contributed by atoms with van der Waals surface area (Å²) in [5, 5.41) is 2.59. The summed E-state index contributed by atoms with van der Waals surface area (Å²) in [7, 11) is -4.72. The fraction of sp³-hybridized carbons (Fsp3) is 0.217. The van der Waals surface area contributed by atoms with Crippen molar-refractivity contribution in [1.29, 1.82) is 0 Å². The first kappa shape index (κ1) is 24.6. The largest absolute Gasteiger partial charge is 0.493 e. The van der Waals surface area contributed by atoms with Crippen LogP contribution in [0.5, 0.6) is 5.75 Å². The fourth-order valence-electron chi connectivity index (χ4n) is 2.88. The van der Waals surface area contributed by atoms with Crippen molar-refractivity contribution in [3.05, 3.63) is 78.6 Å². The molecular weight excluding hydrogens is 445 g/mol. The van der Waals surface area contributed by atoms with E-state index in [0.717, 1.165) is 23.1 Å². The lowest BCUT2D eigenvalue weighted by atomic mass is 10.0. The van der Waals surface area contributed by atoms with Gasteiger partial charge in [0.1, 0.15) is 11.3 Å². The average molecular weight is 471 g/mol. The molecule has 10 heteroatoms. The number of hydrogen-bond acceptors (Lipinski definition) is 6. The Morgan fingerprint density at radius 1 is 1.09 bits per heavy atom. The second-order valence-corrected chi connectivity index (χ2v) is 8.94. The van der Waals surface area contributed by atoms with Gasteiger partial charge in [0.25, 0.3) is 0 Å². The lowest BCUT2D eigenvalue weighted by Gasteiger charge is -2.23. The fourth-order valence-corrected chi connectivity index (χ4v) is 3.31. The number of hydrogen-bond donors (Lipinski definition) is 4. The minimum absolute atomic E-state index is 0.464. The number of benzene rings is 2. The molecule has 1 unspecified atom stereocenters. The Morgan fingerprint density at radius 3 is 2.39 bits per heavy atom. The van der Waals surface area contributed by atoms with Crippen molar-refractivity contribution in [2.75, 3.05) is 18.5 Å². The number of nitrogens with two attached hydrogens (primary N) is 1. The van der Waals surface area contributed by atoms with Crippen LogP contribution in [0.4, 0.5) is 5.69 Å². The Balaban J connectivity index is 1.47. The first-order valence-electron chi connectivity index (χ1n) is 10.1. The van der Waals surface area contributed by atoms with Gasteiger partial charge in [-0.2, -0.15) is 0 Å². The standard InChI is InChI=1S/C23H26N3O6P/c1-23(24,16-32-33(28,29)30)22(27)26-20-8-10-21(11-9-20)31-14-12-17-4-6-18(7-5-17)19-3-2-13-25-15-19/h2-11,13,15H,12,14,16,24H2,1H3,(H,26,27)(H2,28,29,30). The minimum atomic E-state index is -4.72. The van der Waals surface area contributed by atoms with Gasteiger partial charge in [-0.3, -0.25) is 14.3 Å². The third-order valence-electron chi connectivity index (χ3n) is 4.77. The highest BCUT2D eigenvalue weighted by molar-refractivity contribution is 7.46. The minimum Gasteiger partial charge on any atom is -0.493 e. The van der Waals surface area contributed by atoms with E-state index in [1.54, 1.807) is 30.5 Å². The molecule has 0 aliphatic rings. The number of phosphoric ester groups is 1. The third kappa shape index (κ3) is 7.78. The summed E-state index contributed by atoms with van der Waals surface area (Å²) in [6.07, 6.45) is 4.31. The highest BCUT2D eigenvalue weighted by atomic mass is 31.2. The van der Waals surface area contributed by atoms with Gasteiger partial charge in [0, 0.05) is 24.5 Å². The van der Waals surface area contributed by atoms with Gasteiger partial charge in [-0.1, -0.05) is 30.3 Å². The summed E-state index contributed by atoms with van der Waals surface area (Å²) in [4.78, 5) is 34.0. The summed E-state index contributed by atoms with van der Waals surface area (Å²) in [6, 6.07) is 18.9. The molecule has 1 aromatic heterocycles. The van der Waals surface area contributed by atoms with Gasteiger partial charge in [-0.05, 0) is 53.9 Å². The van der Waals surface area contributed by atoms with Crippen LogP contribution in [-0.2, 0) is 20.3 Å². The van der Waals surface area contributed by atoms with E-state index in [-0.39, 0.29) is 0 Å². The number of phosphoric acid groups is 1. The summed E-state index contributed by atoms with van der Waals surface area (Å²) in [6.45, 7) is 1.17. The molecule has 0 aliphatic heterocycles. The van der Waals surface area contributed by atoms with Crippen molar-refractivity contribution < 1.29 is 28.4 Å². The zero-order chi connectivity index (χ0) is 23.9. The summed E-state index contributed by atoms with van der Waals surface area (Å²) in [5.74, 6) is -0.000304. The zero-order valence-corrected chi connectivity index (χ0v) is 18.9. The molecule has 0 spiro atoms. The molecule has 0 saturated carbocycles. The van der Waals surface area contributed by atoms with Gasteiger partial charge >= 0.3 is 7.82 Å². The molecular formula is C23H26N3O6P. The third-order valence-corrected chi connectivity index (χ3v) is 5.24. The number of carbonyl (C=O) groups is 1. The van der Waals surface area contributed by atoms with Crippen molar-refractivity contribution >= 4 is 19.4 Å². The molecule has 0 radical (unpaired) electrons. The Labute approximate surface area is 191 Å². The van der Waals surface area contributed by atoms with Gasteiger partial charge in [-0.15, -0.1) is 0 Å². The summed E-state index contributed by atoms with van der Waals surface area (Å²) in [5.41, 5.74) is 7.96. The van der Waals surface area contributed by atoms with Gasteiger partial charge in [-0.25, -0.2) is 4.57 Å². The predicted octanol–water partition coefficient (Wildman–Crippen LogP) is 3.14. The molecule has 3 aromatic rings. The van der Waals surface area contributed by atoms with Crippen LogP contribution in [-0.4, -0.2) is 39.4 Å². The first-order chi connectivity index (χ1) is 15.6. The Morgan fingerprint density at radius 2 is 1.79 bits per heavy atom. The zero-order valence-electron chi connectivity index (χ0n) is 18.0. The average Bonchev–Trinajstić information content (AvgIpc) is 2.79. The Hall–Kier alpha value is -3.07. The lowest BCUT2D eigenvalue weighted by Crippen LogP contribution is -2.52.